The summed E-state index contributed by atoms with van der Waals surface area (Å²) >= 11 is 0. The number of carbonyl (C=O) groups is 1. The molecular formula is C27H25NO5. The molecule has 0 fully saturated rings. The van der Waals surface area contributed by atoms with Crippen LogP contribution in [0.25, 0.3) is 10.8 Å². The number of carbonyl (C=O) groups excluding carboxylic acids is 1. The molecule has 0 unspecified atom stereocenters. The maximum Gasteiger partial charge on any atom is 0.412 e. The van der Waals surface area contributed by atoms with Gasteiger partial charge in [0.15, 0.2) is 6.10 Å². The number of phenols is 1. The highest BCUT2D eigenvalue weighted by molar-refractivity contribution is 5.91. The molecule has 3 N–H and O–H groups in total. The Kier molecular flexibility index (Phi) is 7.07. The van der Waals surface area contributed by atoms with E-state index >= 15 is 0 Å². The highest BCUT2D eigenvalue weighted by Crippen LogP contribution is 2.36. The summed E-state index contributed by atoms with van der Waals surface area (Å²) < 4.78 is 12.1. The third-order valence-electron chi connectivity index (χ3n) is 5.28. The second-order valence-electron chi connectivity index (χ2n) is 7.52. The number of aromatic hydroxyl groups is 1. The third kappa shape index (κ3) is 5.42. The number of rotatable bonds is 8. The second-order valence-corrected chi connectivity index (χ2v) is 7.52. The number of nitrogens with one attached hydrogen (secondary N) is 1. The maximum absolute atomic E-state index is 12.9. The number of fused-ring (bicyclic) bond motifs is 1. The quantitative estimate of drug-likeness (QED) is 0.327. The van der Waals surface area contributed by atoms with Crippen LogP contribution in [0.2, 0.25) is 0 Å². The Hall–Kier alpha value is -4.03. The first-order valence-corrected chi connectivity index (χ1v) is 10.7. The van der Waals surface area contributed by atoms with Crippen LogP contribution in [-0.2, 0) is 4.74 Å². The van der Waals surface area contributed by atoms with Crippen molar-refractivity contribution in [1.82, 2.24) is 0 Å². The molecule has 0 heterocycles. The lowest BCUT2D eigenvalue weighted by Crippen LogP contribution is -2.32. The van der Waals surface area contributed by atoms with Gasteiger partial charge < -0.3 is 19.7 Å². The Morgan fingerprint density at radius 1 is 0.818 bits per heavy atom. The molecular weight excluding hydrogens is 418 g/mol. The van der Waals surface area contributed by atoms with Crippen LogP contribution in [0.15, 0.2) is 97.1 Å². The van der Waals surface area contributed by atoms with Gasteiger partial charge in [-0.3, -0.25) is 5.32 Å². The minimum atomic E-state index is -0.855. The first-order valence-electron chi connectivity index (χ1n) is 10.7. The van der Waals surface area contributed by atoms with E-state index in [0.29, 0.717) is 22.4 Å². The smallest absolute Gasteiger partial charge is 0.412 e. The van der Waals surface area contributed by atoms with E-state index in [4.69, 9.17) is 9.47 Å². The summed E-state index contributed by atoms with van der Waals surface area (Å²) in [5, 5.41) is 24.2. The van der Waals surface area contributed by atoms with Gasteiger partial charge in [-0.25, -0.2) is 4.79 Å². The van der Waals surface area contributed by atoms with Crippen molar-refractivity contribution in [2.24, 2.45) is 0 Å². The summed E-state index contributed by atoms with van der Waals surface area (Å²) in [6.45, 7) is -0.159. The van der Waals surface area contributed by atoms with Crippen molar-refractivity contribution in [2.75, 3.05) is 11.9 Å². The van der Waals surface area contributed by atoms with Gasteiger partial charge in [0.05, 0.1) is 0 Å². The summed E-state index contributed by atoms with van der Waals surface area (Å²) in [4.78, 5) is 12.9. The average Bonchev–Trinajstić information content (AvgIpc) is 2.84. The number of benzene rings is 4. The zero-order chi connectivity index (χ0) is 23.0. The molecule has 4 aromatic carbocycles. The van der Waals surface area contributed by atoms with E-state index in [1.807, 2.05) is 54.6 Å². The first-order chi connectivity index (χ1) is 16.2. The molecule has 168 valence electrons. The normalized spacial score (nSPS) is 12.6. The van der Waals surface area contributed by atoms with Crippen LogP contribution in [0.3, 0.4) is 0 Å². The number of hydrogen-bond donors (Lipinski definition) is 3. The topological polar surface area (TPSA) is 88.0 Å². The molecule has 0 spiro atoms. The van der Waals surface area contributed by atoms with E-state index in [1.54, 1.807) is 42.5 Å². The number of amides is 1. The molecule has 0 aliphatic carbocycles. The highest BCUT2D eigenvalue weighted by atomic mass is 16.6. The van der Waals surface area contributed by atoms with Crippen LogP contribution in [0.1, 0.15) is 18.1 Å². The van der Waals surface area contributed by atoms with Gasteiger partial charge in [-0.15, -0.1) is 0 Å². The van der Waals surface area contributed by atoms with E-state index in [2.05, 4.69) is 5.32 Å². The van der Waals surface area contributed by atoms with E-state index in [1.165, 1.54) is 0 Å². The van der Waals surface area contributed by atoms with Crippen molar-refractivity contribution in [2.45, 2.75) is 18.6 Å². The maximum atomic E-state index is 12.9. The number of para-hydroxylation sites is 2. The van der Waals surface area contributed by atoms with Gasteiger partial charge in [0, 0.05) is 29.7 Å². The van der Waals surface area contributed by atoms with Crippen molar-refractivity contribution in [3.63, 3.8) is 0 Å². The van der Waals surface area contributed by atoms with Gasteiger partial charge >= 0.3 is 6.09 Å². The summed E-state index contributed by atoms with van der Waals surface area (Å²) in [7, 11) is 0. The lowest BCUT2D eigenvalue weighted by molar-refractivity contribution is 0.00983. The van der Waals surface area contributed by atoms with Crippen LogP contribution in [0, 0.1) is 0 Å². The fourth-order valence-corrected chi connectivity index (χ4v) is 3.75. The Labute approximate surface area is 192 Å². The van der Waals surface area contributed by atoms with E-state index in [-0.39, 0.29) is 18.8 Å². The molecule has 0 aromatic heterocycles. The fraction of sp³-hybridized carbons (Fsp3) is 0.148. The zero-order valence-electron chi connectivity index (χ0n) is 17.9. The van der Waals surface area contributed by atoms with Gasteiger partial charge in [-0.1, -0.05) is 66.7 Å². The van der Waals surface area contributed by atoms with E-state index in [9.17, 15) is 15.0 Å². The molecule has 6 heteroatoms. The molecule has 4 rings (SSSR count). The van der Waals surface area contributed by atoms with Crippen molar-refractivity contribution in [3.05, 3.63) is 103 Å². The monoisotopic (exact) mass is 443 g/mol. The third-order valence-corrected chi connectivity index (χ3v) is 5.28. The SMILES string of the molecule is O=C(Nc1ccccc1)O[C@H](c1ccc(O)c2ccccc12)[C@@H](CCO)Oc1ccccc1. The molecule has 0 saturated heterocycles. The standard InChI is InChI=1S/C27H25NO5/c29-18-17-25(32-20-11-5-2-6-12-20)26(33-27(31)28-19-9-3-1-4-10-19)23-15-16-24(30)22-14-8-7-13-21(22)23/h1-16,25-26,29-30H,17-18H2,(H,28,31)/t25-,26-/m1/s1. The van der Waals surface area contributed by atoms with Crippen LogP contribution in [-0.4, -0.2) is 29.0 Å². The van der Waals surface area contributed by atoms with Crippen LogP contribution in [0.4, 0.5) is 10.5 Å². The predicted molar refractivity (Wildman–Crippen MR) is 127 cm³/mol. The minimum Gasteiger partial charge on any atom is -0.507 e. The van der Waals surface area contributed by atoms with Gasteiger partial charge in [0.25, 0.3) is 0 Å². The molecule has 6 nitrogen and oxygen atoms in total. The molecule has 4 aromatic rings. The number of phenolic OH excluding ortho intramolecular Hbond substituents is 1. The van der Waals surface area contributed by atoms with Crippen LogP contribution < -0.4 is 10.1 Å². The number of anilines is 1. The molecule has 1 amide bonds. The van der Waals surface area contributed by atoms with Crippen molar-refractivity contribution in [3.8, 4) is 11.5 Å². The number of aliphatic hydroxyl groups excluding tert-OH is 1. The van der Waals surface area contributed by atoms with Crippen molar-refractivity contribution >= 4 is 22.6 Å². The molecule has 0 radical (unpaired) electrons. The first kappa shape index (κ1) is 22.2. The lowest BCUT2D eigenvalue weighted by Gasteiger charge is -2.29. The largest absolute Gasteiger partial charge is 0.507 e. The molecule has 2 atom stereocenters. The van der Waals surface area contributed by atoms with Gasteiger partial charge in [0.1, 0.15) is 17.6 Å². The van der Waals surface area contributed by atoms with Crippen molar-refractivity contribution < 1.29 is 24.5 Å². The summed E-state index contributed by atoms with van der Waals surface area (Å²) in [5.74, 6) is 0.723. The molecule has 0 aliphatic heterocycles. The Morgan fingerprint density at radius 3 is 2.15 bits per heavy atom. The average molecular weight is 443 g/mol. The Morgan fingerprint density at radius 2 is 1.45 bits per heavy atom. The number of aliphatic hydroxyl groups is 1. The lowest BCUT2D eigenvalue weighted by atomic mass is 9.95. The van der Waals surface area contributed by atoms with Gasteiger partial charge in [-0.2, -0.15) is 0 Å². The summed E-state index contributed by atoms with van der Waals surface area (Å²) in [5.41, 5.74) is 1.26. The van der Waals surface area contributed by atoms with Crippen LogP contribution in [0.5, 0.6) is 11.5 Å². The Balaban J connectivity index is 1.72. The fourth-order valence-electron chi connectivity index (χ4n) is 3.75. The molecule has 33 heavy (non-hydrogen) atoms. The van der Waals surface area contributed by atoms with Gasteiger partial charge in [0.2, 0.25) is 0 Å². The Bertz CT molecular complexity index is 1200. The van der Waals surface area contributed by atoms with Gasteiger partial charge in [-0.05, 0) is 35.7 Å². The summed E-state index contributed by atoms with van der Waals surface area (Å²) in [6.07, 6.45) is -1.95. The predicted octanol–water partition coefficient (Wildman–Crippen LogP) is 5.67. The number of hydrogen-bond acceptors (Lipinski definition) is 5. The summed E-state index contributed by atoms with van der Waals surface area (Å²) in [6, 6.07) is 28.8. The van der Waals surface area contributed by atoms with E-state index in [0.717, 1.165) is 5.39 Å². The zero-order valence-corrected chi connectivity index (χ0v) is 17.9. The molecule has 0 aliphatic rings. The highest BCUT2D eigenvalue weighted by Gasteiger charge is 2.30. The number of ether oxygens (including phenoxy) is 2. The van der Waals surface area contributed by atoms with Crippen molar-refractivity contribution in [1.29, 1.82) is 0 Å². The van der Waals surface area contributed by atoms with Crippen LogP contribution >= 0.6 is 0 Å². The minimum absolute atomic E-state index is 0.129. The van der Waals surface area contributed by atoms with E-state index < -0.39 is 18.3 Å². The molecule has 0 bridgehead atoms. The molecule has 0 saturated carbocycles. The second kappa shape index (κ2) is 10.5.